The minimum Gasteiger partial charge on any atom is -0.356 e. The van der Waals surface area contributed by atoms with Gasteiger partial charge in [0.05, 0.1) is 0 Å². The highest BCUT2D eigenvalue weighted by Gasteiger charge is 2.23. The summed E-state index contributed by atoms with van der Waals surface area (Å²) in [6.45, 7) is 4.37. The molecule has 1 N–H and O–H groups in total. The molecule has 0 atom stereocenters. The molecule has 2 rings (SSSR count). The standard InChI is InChI=1S/C14H23N5O2/c1-4-7-18(10-12(20)17(2)3)13(21)11-9-19-8-5-6-15-14(19)16-11/h9H,4-8,10H2,1-3H3,(H,15,16). The molecule has 0 bridgehead atoms. The topological polar surface area (TPSA) is 70.5 Å². The van der Waals surface area contributed by atoms with Crippen LogP contribution in [0.2, 0.25) is 0 Å². The van der Waals surface area contributed by atoms with Crippen molar-refractivity contribution in [3.8, 4) is 0 Å². The molecular formula is C14H23N5O2. The van der Waals surface area contributed by atoms with Crippen LogP contribution in [0.25, 0.3) is 0 Å². The third kappa shape index (κ3) is 3.53. The summed E-state index contributed by atoms with van der Waals surface area (Å²) in [5.74, 6) is 0.467. The van der Waals surface area contributed by atoms with Crippen molar-refractivity contribution >= 4 is 17.8 Å². The number of aryl methyl sites for hydroxylation is 1. The fraction of sp³-hybridized carbons (Fsp3) is 0.643. The highest BCUT2D eigenvalue weighted by Crippen LogP contribution is 2.15. The molecule has 7 nitrogen and oxygen atoms in total. The molecule has 1 aliphatic heterocycles. The molecule has 0 aliphatic carbocycles. The number of aromatic nitrogens is 2. The van der Waals surface area contributed by atoms with Gasteiger partial charge >= 0.3 is 0 Å². The van der Waals surface area contributed by atoms with Gasteiger partial charge in [-0.15, -0.1) is 0 Å². The normalized spacial score (nSPS) is 13.3. The fourth-order valence-corrected chi connectivity index (χ4v) is 2.27. The first-order chi connectivity index (χ1) is 10.0. The van der Waals surface area contributed by atoms with E-state index in [1.807, 2.05) is 11.5 Å². The molecule has 0 saturated heterocycles. The van der Waals surface area contributed by atoms with Crippen LogP contribution in [0.5, 0.6) is 0 Å². The molecule has 0 aromatic carbocycles. The third-order valence-corrected chi connectivity index (χ3v) is 3.46. The lowest BCUT2D eigenvalue weighted by Gasteiger charge is -2.22. The van der Waals surface area contributed by atoms with Crippen LogP contribution in [0, 0.1) is 0 Å². The lowest BCUT2D eigenvalue weighted by atomic mass is 10.3. The fourth-order valence-electron chi connectivity index (χ4n) is 2.27. The average Bonchev–Trinajstić information content (AvgIpc) is 2.89. The third-order valence-electron chi connectivity index (χ3n) is 3.46. The van der Waals surface area contributed by atoms with E-state index in [9.17, 15) is 9.59 Å². The van der Waals surface area contributed by atoms with Crippen LogP contribution in [0.3, 0.4) is 0 Å². The second-order valence-electron chi connectivity index (χ2n) is 5.44. The minimum atomic E-state index is -0.184. The first-order valence-corrected chi connectivity index (χ1v) is 7.33. The zero-order valence-corrected chi connectivity index (χ0v) is 12.9. The summed E-state index contributed by atoms with van der Waals surface area (Å²) in [6.07, 6.45) is 3.60. The summed E-state index contributed by atoms with van der Waals surface area (Å²) < 4.78 is 1.95. The van der Waals surface area contributed by atoms with Gasteiger partial charge in [0.2, 0.25) is 11.9 Å². The predicted octanol–water partition coefficient (Wildman–Crippen LogP) is 0.639. The van der Waals surface area contributed by atoms with Crippen LogP contribution in [0.15, 0.2) is 6.20 Å². The Hall–Kier alpha value is -2.05. The molecule has 1 aliphatic rings. The highest BCUT2D eigenvalue weighted by atomic mass is 16.2. The van der Waals surface area contributed by atoms with Gasteiger partial charge in [-0.1, -0.05) is 6.92 Å². The van der Waals surface area contributed by atoms with Crippen LogP contribution in [-0.2, 0) is 11.3 Å². The van der Waals surface area contributed by atoms with Gasteiger partial charge in [0.25, 0.3) is 5.91 Å². The Morgan fingerprint density at radius 2 is 2.19 bits per heavy atom. The van der Waals surface area contributed by atoms with Crippen molar-refractivity contribution in [2.24, 2.45) is 0 Å². The minimum absolute atomic E-state index is 0.0844. The molecule has 0 spiro atoms. The molecule has 2 amide bonds. The van der Waals surface area contributed by atoms with E-state index < -0.39 is 0 Å². The van der Waals surface area contributed by atoms with Crippen LogP contribution in [0.4, 0.5) is 5.95 Å². The number of likely N-dealkylation sites (N-methyl/N-ethyl adjacent to an activating group) is 1. The van der Waals surface area contributed by atoms with Crippen molar-refractivity contribution in [3.63, 3.8) is 0 Å². The van der Waals surface area contributed by atoms with E-state index in [0.717, 1.165) is 31.9 Å². The maximum absolute atomic E-state index is 12.6. The van der Waals surface area contributed by atoms with Crippen molar-refractivity contribution in [2.75, 3.05) is 39.0 Å². The number of carbonyl (C=O) groups is 2. The number of carbonyl (C=O) groups excluding carboxylic acids is 2. The Bertz CT molecular complexity index is 500. The summed E-state index contributed by atoms with van der Waals surface area (Å²) >= 11 is 0. The van der Waals surface area contributed by atoms with E-state index >= 15 is 0 Å². The number of rotatable bonds is 5. The first kappa shape index (κ1) is 15.3. The summed E-state index contributed by atoms with van der Waals surface area (Å²) in [5, 5.41) is 3.17. The predicted molar refractivity (Wildman–Crippen MR) is 80.2 cm³/mol. The molecule has 1 aromatic heterocycles. The average molecular weight is 293 g/mol. The van der Waals surface area contributed by atoms with Crippen molar-refractivity contribution < 1.29 is 9.59 Å². The lowest BCUT2D eigenvalue weighted by Crippen LogP contribution is -2.40. The highest BCUT2D eigenvalue weighted by molar-refractivity contribution is 5.95. The number of fused-ring (bicyclic) bond motifs is 1. The maximum atomic E-state index is 12.6. The number of nitrogens with zero attached hydrogens (tertiary/aromatic N) is 4. The summed E-state index contributed by atoms with van der Waals surface area (Å²) in [7, 11) is 3.38. The van der Waals surface area contributed by atoms with Crippen molar-refractivity contribution in [2.45, 2.75) is 26.3 Å². The Kier molecular flexibility index (Phi) is 4.82. The summed E-state index contributed by atoms with van der Waals surface area (Å²) in [5.41, 5.74) is 0.402. The van der Waals surface area contributed by atoms with Crippen LogP contribution < -0.4 is 5.32 Å². The van der Waals surface area contributed by atoms with E-state index in [-0.39, 0.29) is 18.4 Å². The SMILES string of the molecule is CCCN(CC(=O)N(C)C)C(=O)c1cn2c(n1)NCCC2. The molecule has 2 heterocycles. The van der Waals surface area contributed by atoms with Gasteiger partial charge in [-0.25, -0.2) is 4.98 Å². The van der Waals surface area contributed by atoms with Crippen LogP contribution in [-0.4, -0.2) is 64.9 Å². The van der Waals surface area contributed by atoms with Crippen molar-refractivity contribution in [1.29, 1.82) is 0 Å². The first-order valence-electron chi connectivity index (χ1n) is 7.33. The molecule has 0 unspecified atom stereocenters. The lowest BCUT2D eigenvalue weighted by molar-refractivity contribution is -0.129. The zero-order valence-electron chi connectivity index (χ0n) is 12.9. The molecule has 7 heteroatoms. The Morgan fingerprint density at radius 3 is 2.81 bits per heavy atom. The largest absolute Gasteiger partial charge is 0.356 e. The molecule has 0 radical (unpaired) electrons. The molecule has 0 fully saturated rings. The smallest absolute Gasteiger partial charge is 0.274 e. The number of nitrogens with one attached hydrogen (secondary N) is 1. The molecule has 0 saturated carbocycles. The number of hydrogen-bond donors (Lipinski definition) is 1. The monoisotopic (exact) mass is 293 g/mol. The second-order valence-corrected chi connectivity index (χ2v) is 5.44. The molecule has 21 heavy (non-hydrogen) atoms. The number of imidazole rings is 1. The van der Waals surface area contributed by atoms with Crippen LogP contribution in [0.1, 0.15) is 30.3 Å². The molecule has 116 valence electrons. The zero-order chi connectivity index (χ0) is 15.4. The van der Waals surface area contributed by atoms with E-state index in [1.54, 1.807) is 25.2 Å². The van der Waals surface area contributed by atoms with E-state index in [1.165, 1.54) is 4.90 Å². The van der Waals surface area contributed by atoms with Crippen molar-refractivity contribution in [3.05, 3.63) is 11.9 Å². The Balaban J connectivity index is 2.13. The number of amides is 2. The van der Waals surface area contributed by atoms with E-state index in [4.69, 9.17) is 0 Å². The van der Waals surface area contributed by atoms with Gasteiger partial charge < -0.3 is 19.7 Å². The molecular weight excluding hydrogens is 270 g/mol. The Labute approximate surface area is 124 Å². The van der Waals surface area contributed by atoms with Gasteiger partial charge in [0.15, 0.2) is 0 Å². The quantitative estimate of drug-likeness (QED) is 0.865. The van der Waals surface area contributed by atoms with E-state index in [2.05, 4.69) is 10.3 Å². The Morgan fingerprint density at radius 1 is 1.43 bits per heavy atom. The van der Waals surface area contributed by atoms with Gasteiger partial charge in [0.1, 0.15) is 12.2 Å². The number of hydrogen-bond acceptors (Lipinski definition) is 4. The van der Waals surface area contributed by atoms with Gasteiger partial charge in [-0.3, -0.25) is 9.59 Å². The summed E-state index contributed by atoms with van der Waals surface area (Å²) in [6, 6.07) is 0. The van der Waals surface area contributed by atoms with Crippen LogP contribution >= 0.6 is 0 Å². The number of anilines is 1. The molecule has 1 aromatic rings. The van der Waals surface area contributed by atoms with Gasteiger partial charge in [0, 0.05) is 39.9 Å². The summed E-state index contributed by atoms with van der Waals surface area (Å²) in [4.78, 5) is 31.8. The maximum Gasteiger partial charge on any atom is 0.274 e. The van der Waals surface area contributed by atoms with Gasteiger partial charge in [-0.2, -0.15) is 0 Å². The van der Waals surface area contributed by atoms with E-state index in [0.29, 0.717) is 12.2 Å². The van der Waals surface area contributed by atoms with Crippen molar-refractivity contribution in [1.82, 2.24) is 19.4 Å². The van der Waals surface area contributed by atoms with Gasteiger partial charge in [-0.05, 0) is 12.8 Å². The second kappa shape index (κ2) is 6.60.